The van der Waals surface area contributed by atoms with Gasteiger partial charge in [-0.25, -0.2) is 9.78 Å². The van der Waals surface area contributed by atoms with Gasteiger partial charge in [-0.3, -0.25) is 4.57 Å². The summed E-state index contributed by atoms with van der Waals surface area (Å²) in [4.78, 5) is 18.5. The van der Waals surface area contributed by atoms with Crippen molar-refractivity contribution in [2.45, 2.75) is 6.04 Å². The van der Waals surface area contributed by atoms with Crippen LogP contribution in [0.1, 0.15) is 17.4 Å². The number of nitrogens with two attached hydrogens (primary N) is 1. The van der Waals surface area contributed by atoms with Crippen LogP contribution in [0.2, 0.25) is 0 Å². The summed E-state index contributed by atoms with van der Waals surface area (Å²) in [6.07, 6.45) is 3.38. The van der Waals surface area contributed by atoms with Crippen molar-refractivity contribution in [2.75, 3.05) is 0 Å². The first-order valence-electron chi connectivity index (χ1n) is 5.51. The zero-order valence-electron chi connectivity index (χ0n) is 9.75. The number of nitrogens with one attached hydrogen (secondary N) is 1. The second kappa shape index (κ2) is 3.85. The van der Waals surface area contributed by atoms with E-state index in [0.29, 0.717) is 11.4 Å². The van der Waals surface area contributed by atoms with Crippen LogP contribution in [0.25, 0.3) is 11.1 Å². The van der Waals surface area contributed by atoms with Gasteiger partial charge in [0.1, 0.15) is 5.82 Å². The van der Waals surface area contributed by atoms with Crippen LogP contribution in [0, 0.1) is 0 Å². The van der Waals surface area contributed by atoms with Crippen LogP contribution in [0.15, 0.2) is 39.8 Å². The van der Waals surface area contributed by atoms with Gasteiger partial charge in [0, 0.05) is 19.4 Å². The fourth-order valence-electron chi connectivity index (χ4n) is 1.94. The minimum Gasteiger partial charge on any atom is -0.408 e. The number of hydrogen-bond acceptors (Lipinski definition) is 4. The molecule has 0 amide bonds. The second-order valence-corrected chi connectivity index (χ2v) is 4.11. The molecule has 92 valence electrons. The van der Waals surface area contributed by atoms with Crippen LogP contribution in [-0.4, -0.2) is 14.5 Å². The monoisotopic (exact) mass is 244 g/mol. The van der Waals surface area contributed by atoms with Gasteiger partial charge in [-0.05, 0) is 17.7 Å². The molecule has 3 N–H and O–H groups in total. The van der Waals surface area contributed by atoms with E-state index in [4.69, 9.17) is 10.2 Å². The summed E-state index contributed by atoms with van der Waals surface area (Å²) in [7, 11) is 1.66. The predicted molar refractivity (Wildman–Crippen MR) is 66.1 cm³/mol. The fraction of sp³-hybridized carbons (Fsp3) is 0.167. The zero-order chi connectivity index (χ0) is 12.7. The number of imidazole rings is 1. The lowest BCUT2D eigenvalue weighted by molar-refractivity contribution is 0.528. The third-order valence-corrected chi connectivity index (χ3v) is 2.99. The maximum atomic E-state index is 11.4. The van der Waals surface area contributed by atoms with Crippen molar-refractivity contribution < 1.29 is 4.42 Å². The Hall–Kier alpha value is -2.34. The number of oxazole rings is 1. The highest BCUT2D eigenvalue weighted by Crippen LogP contribution is 2.21. The Morgan fingerprint density at radius 2 is 2.33 bits per heavy atom. The van der Waals surface area contributed by atoms with Crippen LogP contribution in [0.3, 0.4) is 0 Å². The van der Waals surface area contributed by atoms with Gasteiger partial charge in [-0.2, -0.15) is 0 Å². The molecule has 0 saturated carbocycles. The van der Waals surface area contributed by atoms with E-state index >= 15 is 0 Å². The maximum absolute atomic E-state index is 11.4. The van der Waals surface area contributed by atoms with Crippen molar-refractivity contribution in [3.8, 4) is 0 Å². The van der Waals surface area contributed by atoms with Gasteiger partial charge in [-0.15, -0.1) is 0 Å². The second-order valence-electron chi connectivity index (χ2n) is 4.11. The van der Waals surface area contributed by atoms with E-state index in [1.807, 2.05) is 12.1 Å². The third-order valence-electron chi connectivity index (χ3n) is 2.99. The van der Waals surface area contributed by atoms with Crippen LogP contribution in [-0.2, 0) is 7.05 Å². The molecule has 3 rings (SSSR count). The minimum atomic E-state index is -0.381. The smallest absolute Gasteiger partial charge is 0.408 e. The average Bonchev–Trinajstić information content (AvgIpc) is 2.99. The molecule has 0 aliphatic rings. The maximum Gasteiger partial charge on any atom is 0.419 e. The van der Waals surface area contributed by atoms with Crippen LogP contribution in [0.4, 0.5) is 0 Å². The van der Waals surface area contributed by atoms with E-state index in [9.17, 15) is 4.79 Å². The SMILES string of the molecule is Cn1c(=O)oc2ccc(C(N)c3ncc[nH]3)cc21. The summed E-state index contributed by atoms with van der Waals surface area (Å²) >= 11 is 0. The van der Waals surface area contributed by atoms with Crippen molar-refractivity contribution in [3.05, 3.63) is 52.5 Å². The first-order chi connectivity index (χ1) is 8.66. The van der Waals surface area contributed by atoms with Crippen LogP contribution >= 0.6 is 0 Å². The molecule has 3 aromatic rings. The lowest BCUT2D eigenvalue weighted by atomic mass is 10.1. The Labute approximate surface area is 102 Å². The zero-order valence-corrected chi connectivity index (χ0v) is 9.75. The first kappa shape index (κ1) is 10.8. The van der Waals surface area contributed by atoms with E-state index < -0.39 is 0 Å². The molecule has 6 nitrogen and oxygen atoms in total. The fourth-order valence-corrected chi connectivity index (χ4v) is 1.94. The van der Waals surface area contributed by atoms with Gasteiger partial charge < -0.3 is 15.1 Å². The number of fused-ring (bicyclic) bond motifs is 1. The number of aryl methyl sites for hydroxylation is 1. The summed E-state index contributed by atoms with van der Waals surface area (Å²) in [5.41, 5.74) is 8.24. The molecule has 0 aliphatic heterocycles. The average molecular weight is 244 g/mol. The molecule has 0 bridgehead atoms. The molecular weight excluding hydrogens is 232 g/mol. The molecule has 0 aliphatic carbocycles. The Kier molecular flexibility index (Phi) is 2.31. The van der Waals surface area contributed by atoms with Gasteiger partial charge in [-0.1, -0.05) is 6.07 Å². The third kappa shape index (κ3) is 1.54. The molecule has 0 spiro atoms. The number of H-pyrrole nitrogens is 1. The van der Waals surface area contributed by atoms with Gasteiger partial charge in [0.25, 0.3) is 0 Å². The highest BCUT2D eigenvalue weighted by Gasteiger charge is 2.14. The molecule has 2 aromatic heterocycles. The van der Waals surface area contributed by atoms with Gasteiger partial charge in [0.05, 0.1) is 11.6 Å². The Balaban J connectivity index is 2.13. The summed E-state index contributed by atoms with van der Waals surface area (Å²) < 4.78 is 6.52. The number of hydrogen-bond donors (Lipinski definition) is 2. The van der Waals surface area contributed by atoms with Crippen molar-refractivity contribution in [1.29, 1.82) is 0 Å². The van der Waals surface area contributed by atoms with Crippen LogP contribution < -0.4 is 11.5 Å². The highest BCUT2D eigenvalue weighted by atomic mass is 16.4. The van der Waals surface area contributed by atoms with Gasteiger partial charge in [0.2, 0.25) is 0 Å². The summed E-state index contributed by atoms with van der Waals surface area (Å²) in [6.45, 7) is 0. The molecule has 2 heterocycles. The normalized spacial score (nSPS) is 13.0. The van der Waals surface area contributed by atoms with Gasteiger partial charge >= 0.3 is 5.76 Å². The lowest BCUT2D eigenvalue weighted by Crippen LogP contribution is -2.14. The van der Waals surface area contributed by atoms with E-state index in [-0.39, 0.29) is 11.8 Å². The molecule has 0 radical (unpaired) electrons. The first-order valence-corrected chi connectivity index (χ1v) is 5.51. The number of aromatic nitrogens is 3. The molecule has 1 unspecified atom stereocenters. The topological polar surface area (TPSA) is 89.8 Å². The Bertz CT molecular complexity index is 739. The van der Waals surface area contributed by atoms with E-state index in [2.05, 4.69) is 9.97 Å². The standard InChI is InChI=1S/C12H12N4O2/c1-16-8-6-7(2-3-9(8)18-12(16)17)10(13)11-14-4-5-15-11/h2-6,10H,13H2,1H3,(H,14,15). The molecule has 0 fully saturated rings. The molecule has 1 atom stereocenters. The van der Waals surface area contributed by atoms with Gasteiger partial charge in [0.15, 0.2) is 5.58 Å². The summed E-state index contributed by atoms with van der Waals surface area (Å²) in [5, 5.41) is 0. The Morgan fingerprint density at radius 1 is 1.50 bits per heavy atom. The van der Waals surface area contributed by atoms with Crippen molar-refractivity contribution in [1.82, 2.24) is 14.5 Å². The predicted octanol–water partition coefficient (Wildman–Crippen LogP) is 0.903. The number of aromatic amines is 1. The lowest BCUT2D eigenvalue weighted by Gasteiger charge is -2.09. The molecule has 1 aromatic carbocycles. The van der Waals surface area contributed by atoms with Crippen LogP contribution in [0.5, 0.6) is 0 Å². The highest BCUT2D eigenvalue weighted by molar-refractivity contribution is 5.74. The number of nitrogens with zero attached hydrogens (tertiary/aromatic N) is 2. The number of rotatable bonds is 2. The largest absolute Gasteiger partial charge is 0.419 e. The summed E-state index contributed by atoms with van der Waals surface area (Å²) in [6, 6.07) is 5.07. The summed E-state index contributed by atoms with van der Waals surface area (Å²) in [5.74, 6) is 0.302. The van der Waals surface area contributed by atoms with Crippen molar-refractivity contribution >= 4 is 11.1 Å². The number of benzene rings is 1. The minimum absolute atomic E-state index is 0.352. The molecular formula is C12H12N4O2. The molecule has 6 heteroatoms. The van der Waals surface area contributed by atoms with E-state index in [1.54, 1.807) is 25.5 Å². The Morgan fingerprint density at radius 3 is 3.06 bits per heavy atom. The van der Waals surface area contributed by atoms with E-state index in [0.717, 1.165) is 11.1 Å². The molecule has 0 saturated heterocycles. The quantitative estimate of drug-likeness (QED) is 0.700. The van der Waals surface area contributed by atoms with Crippen molar-refractivity contribution in [3.63, 3.8) is 0 Å². The van der Waals surface area contributed by atoms with Crippen molar-refractivity contribution in [2.24, 2.45) is 12.8 Å². The van der Waals surface area contributed by atoms with E-state index in [1.165, 1.54) is 4.57 Å². The molecule has 18 heavy (non-hydrogen) atoms.